The van der Waals surface area contributed by atoms with E-state index in [-0.39, 0.29) is 18.4 Å². The lowest BCUT2D eigenvalue weighted by Crippen LogP contribution is -2.40. The Morgan fingerprint density at radius 2 is 1.80 bits per heavy atom. The molecule has 4 nitrogen and oxygen atoms in total. The standard InChI is InChI=1S/C19H17Cl2NO3/c1-11-12-4-2-5-14(19(24)25)13(12)8-9-22(11)18(23)10-15-16(20)6-3-7-17(15)21/h2-7,11H,8-10H2,1H3,(H,24,25)/t11-/m0/s1. The van der Waals surface area contributed by atoms with Gasteiger partial charge in [-0.25, -0.2) is 4.79 Å². The van der Waals surface area contributed by atoms with E-state index in [1.54, 1.807) is 35.2 Å². The second kappa shape index (κ2) is 7.06. The number of hydrogen-bond donors (Lipinski definition) is 1. The third kappa shape index (κ3) is 3.37. The molecule has 1 aliphatic heterocycles. The minimum absolute atomic E-state index is 0.0751. The van der Waals surface area contributed by atoms with E-state index >= 15 is 0 Å². The Hall–Kier alpha value is -2.04. The van der Waals surface area contributed by atoms with Crippen molar-refractivity contribution in [3.8, 4) is 0 Å². The highest BCUT2D eigenvalue weighted by molar-refractivity contribution is 6.36. The first-order valence-corrected chi connectivity index (χ1v) is 8.73. The topological polar surface area (TPSA) is 57.6 Å². The first-order valence-electron chi connectivity index (χ1n) is 7.97. The SMILES string of the molecule is C[C@H]1c2cccc(C(=O)O)c2CCN1C(=O)Cc1c(Cl)cccc1Cl. The zero-order valence-corrected chi connectivity index (χ0v) is 15.1. The van der Waals surface area contributed by atoms with E-state index in [9.17, 15) is 14.7 Å². The van der Waals surface area contributed by atoms with Crippen LogP contribution in [0.3, 0.4) is 0 Å². The van der Waals surface area contributed by atoms with Gasteiger partial charge in [0.15, 0.2) is 0 Å². The zero-order valence-electron chi connectivity index (χ0n) is 13.6. The van der Waals surface area contributed by atoms with E-state index in [0.29, 0.717) is 34.1 Å². The van der Waals surface area contributed by atoms with Gasteiger partial charge in [-0.05, 0) is 48.2 Å². The van der Waals surface area contributed by atoms with Crippen LogP contribution in [0.15, 0.2) is 36.4 Å². The van der Waals surface area contributed by atoms with Crippen LogP contribution in [0.4, 0.5) is 0 Å². The molecule has 0 fully saturated rings. The molecule has 0 radical (unpaired) electrons. The number of fused-ring (bicyclic) bond motifs is 1. The molecule has 130 valence electrons. The highest BCUT2D eigenvalue weighted by Gasteiger charge is 2.30. The van der Waals surface area contributed by atoms with Crippen LogP contribution in [0, 0.1) is 0 Å². The number of carbonyl (C=O) groups is 2. The van der Waals surface area contributed by atoms with Crippen LogP contribution in [0.5, 0.6) is 0 Å². The molecular weight excluding hydrogens is 361 g/mol. The van der Waals surface area contributed by atoms with Crippen LogP contribution in [0.1, 0.15) is 40.0 Å². The van der Waals surface area contributed by atoms with Gasteiger partial charge in [-0.2, -0.15) is 0 Å². The number of carboxylic acids is 1. The van der Waals surface area contributed by atoms with E-state index in [1.165, 1.54) is 0 Å². The fraction of sp³-hybridized carbons (Fsp3) is 0.263. The number of carbonyl (C=O) groups excluding carboxylic acids is 1. The summed E-state index contributed by atoms with van der Waals surface area (Å²) < 4.78 is 0. The molecular formula is C19H17Cl2NO3. The summed E-state index contributed by atoms with van der Waals surface area (Å²) in [5.74, 6) is -1.01. The van der Waals surface area contributed by atoms with Gasteiger partial charge in [-0.1, -0.05) is 41.4 Å². The minimum atomic E-state index is -0.938. The van der Waals surface area contributed by atoms with E-state index in [1.807, 2.05) is 13.0 Å². The summed E-state index contributed by atoms with van der Waals surface area (Å²) >= 11 is 12.3. The molecule has 1 N–H and O–H groups in total. The summed E-state index contributed by atoms with van der Waals surface area (Å²) in [4.78, 5) is 26.0. The van der Waals surface area contributed by atoms with Gasteiger partial charge in [0.1, 0.15) is 0 Å². The Bertz CT molecular complexity index is 830. The van der Waals surface area contributed by atoms with E-state index < -0.39 is 5.97 Å². The van der Waals surface area contributed by atoms with Gasteiger partial charge < -0.3 is 10.0 Å². The Kier molecular flexibility index (Phi) is 5.02. The fourth-order valence-electron chi connectivity index (χ4n) is 3.36. The number of aromatic carboxylic acids is 1. The number of benzene rings is 2. The van der Waals surface area contributed by atoms with Crippen molar-refractivity contribution in [2.45, 2.75) is 25.8 Å². The zero-order chi connectivity index (χ0) is 18.1. The number of halogens is 2. The average molecular weight is 378 g/mol. The largest absolute Gasteiger partial charge is 0.478 e. The Labute approximate surface area is 156 Å². The number of rotatable bonds is 3. The molecule has 6 heteroatoms. The van der Waals surface area contributed by atoms with Crippen LogP contribution in [-0.4, -0.2) is 28.4 Å². The van der Waals surface area contributed by atoms with Gasteiger partial charge in [0.25, 0.3) is 0 Å². The maximum Gasteiger partial charge on any atom is 0.335 e. The van der Waals surface area contributed by atoms with E-state index in [2.05, 4.69) is 0 Å². The molecule has 3 rings (SSSR count). The first kappa shape index (κ1) is 17.8. The number of hydrogen-bond acceptors (Lipinski definition) is 2. The molecule has 0 aliphatic carbocycles. The highest BCUT2D eigenvalue weighted by atomic mass is 35.5. The molecule has 0 saturated carbocycles. The molecule has 0 aromatic heterocycles. The lowest BCUT2D eigenvalue weighted by atomic mass is 9.89. The van der Waals surface area contributed by atoms with Crippen molar-refractivity contribution < 1.29 is 14.7 Å². The molecule has 2 aromatic rings. The predicted molar refractivity (Wildman–Crippen MR) is 97.4 cm³/mol. The molecule has 0 unspecified atom stereocenters. The van der Waals surface area contributed by atoms with Crippen LogP contribution in [0.25, 0.3) is 0 Å². The third-order valence-corrected chi connectivity index (χ3v) is 5.38. The van der Waals surface area contributed by atoms with Crippen LogP contribution in [0.2, 0.25) is 10.0 Å². The second-order valence-corrected chi connectivity index (χ2v) is 6.88. The molecule has 2 aromatic carbocycles. The van der Waals surface area contributed by atoms with Gasteiger partial charge in [-0.3, -0.25) is 4.79 Å². The maximum atomic E-state index is 12.8. The lowest BCUT2D eigenvalue weighted by Gasteiger charge is -2.36. The minimum Gasteiger partial charge on any atom is -0.478 e. The number of nitrogens with zero attached hydrogens (tertiary/aromatic N) is 1. The molecule has 0 spiro atoms. The lowest BCUT2D eigenvalue weighted by molar-refractivity contribution is -0.133. The van der Waals surface area contributed by atoms with Crippen molar-refractivity contribution in [1.29, 1.82) is 0 Å². The van der Waals surface area contributed by atoms with Gasteiger partial charge in [0.2, 0.25) is 5.91 Å². The monoisotopic (exact) mass is 377 g/mol. The maximum absolute atomic E-state index is 12.8. The molecule has 0 saturated heterocycles. The molecule has 0 bridgehead atoms. The van der Waals surface area contributed by atoms with Gasteiger partial charge >= 0.3 is 5.97 Å². The van der Waals surface area contributed by atoms with Crippen molar-refractivity contribution in [2.24, 2.45) is 0 Å². The van der Waals surface area contributed by atoms with E-state index in [4.69, 9.17) is 23.2 Å². The van der Waals surface area contributed by atoms with Gasteiger partial charge in [0.05, 0.1) is 18.0 Å². The summed E-state index contributed by atoms with van der Waals surface area (Å²) in [7, 11) is 0. The summed E-state index contributed by atoms with van der Waals surface area (Å²) in [6.07, 6.45) is 0.640. The number of amides is 1. The molecule has 1 amide bonds. The second-order valence-electron chi connectivity index (χ2n) is 6.07. The van der Waals surface area contributed by atoms with Crippen molar-refractivity contribution in [2.75, 3.05) is 6.54 Å². The molecule has 1 heterocycles. The Morgan fingerprint density at radius 3 is 2.44 bits per heavy atom. The average Bonchev–Trinajstić information content (AvgIpc) is 2.58. The highest BCUT2D eigenvalue weighted by Crippen LogP contribution is 2.33. The van der Waals surface area contributed by atoms with Gasteiger partial charge in [-0.15, -0.1) is 0 Å². The van der Waals surface area contributed by atoms with Gasteiger partial charge in [0, 0.05) is 16.6 Å². The van der Waals surface area contributed by atoms with Crippen molar-refractivity contribution in [1.82, 2.24) is 4.90 Å². The first-order chi connectivity index (χ1) is 11.9. The smallest absolute Gasteiger partial charge is 0.335 e. The summed E-state index contributed by atoms with van der Waals surface area (Å²) in [6.45, 7) is 2.38. The summed E-state index contributed by atoms with van der Waals surface area (Å²) in [5.41, 5.74) is 2.62. The third-order valence-electron chi connectivity index (χ3n) is 4.67. The fourth-order valence-corrected chi connectivity index (χ4v) is 3.90. The van der Waals surface area contributed by atoms with E-state index in [0.717, 1.165) is 11.1 Å². The molecule has 1 atom stereocenters. The Morgan fingerprint density at radius 1 is 1.16 bits per heavy atom. The molecule has 1 aliphatic rings. The predicted octanol–water partition coefficient (Wildman–Crippen LogP) is 4.38. The summed E-state index contributed by atoms with van der Waals surface area (Å²) in [5, 5.41) is 10.3. The molecule has 25 heavy (non-hydrogen) atoms. The quantitative estimate of drug-likeness (QED) is 0.863. The van der Waals surface area contributed by atoms with Crippen molar-refractivity contribution in [3.05, 3.63) is 68.7 Å². The van der Waals surface area contributed by atoms with Crippen LogP contribution < -0.4 is 0 Å². The summed E-state index contributed by atoms with van der Waals surface area (Å²) in [6, 6.07) is 10.2. The number of carboxylic acid groups (broad SMARTS) is 1. The van der Waals surface area contributed by atoms with Crippen molar-refractivity contribution >= 4 is 35.1 Å². The Balaban J connectivity index is 1.87. The normalized spacial score (nSPS) is 16.4. The van der Waals surface area contributed by atoms with Crippen LogP contribution >= 0.6 is 23.2 Å². The van der Waals surface area contributed by atoms with Crippen LogP contribution in [-0.2, 0) is 17.6 Å². The van der Waals surface area contributed by atoms with Crippen molar-refractivity contribution in [3.63, 3.8) is 0 Å².